The summed E-state index contributed by atoms with van der Waals surface area (Å²) < 4.78 is 28.5. The molecule has 1 aliphatic heterocycles. The van der Waals surface area contributed by atoms with Crippen molar-refractivity contribution in [3.05, 3.63) is 35.9 Å². The van der Waals surface area contributed by atoms with Gasteiger partial charge in [-0.1, -0.05) is 44.2 Å². The molecule has 4 nitrogen and oxygen atoms in total. The van der Waals surface area contributed by atoms with Crippen LogP contribution in [0.5, 0.6) is 0 Å². The lowest BCUT2D eigenvalue weighted by Gasteiger charge is -2.29. The zero-order chi connectivity index (χ0) is 14.6. The van der Waals surface area contributed by atoms with Gasteiger partial charge in [0.15, 0.2) is 0 Å². The molecular formula is C15H24N2O2S. The highest BCUT2D eigenvalue weighted by atomic mass is 32.2. The average molecular weight is 296 g/mol. The molecule has 0 N–H and O–H groups in total. The first kappa shape index (κ1) is 15.5. The van der Waals surface area contributed by atoms with E-state index in [2.05, 4.69) is 12.1 Å². The number of benzene rings is 1. The third kappa shape index (κ3) is 3.22. The summed E-state index contributed by atoms with van der Waals surface area (Å²) in [5.74, 6) is 0. The van der Waals surface area contributed by atoms with Crippen molar-refractivity contribution in [3.63, 3.8) is 0 Å². The molecule has 1 aliphatic rings. The van der Waals surface area contributed by atoms with Crippen LogP contribution >= 0.6 is 0 Å². The normalized spacial score (nSPS) is 20.6. The van der Waals surface area contributed by atoms with Gasteiger partial charge in [0.2, 0.25) is 0 Å². The van der Waals surface area contributed by atoms with Gasteiger partial charge in [0.1, 0.15) is 0 Å². The molecule has 1 heterocycles. The number of rotatable bonds is 6. The quantitative estimate of drug-likeness (QED) is 0.808. The molecule has 0 aromatic heterocycles. The third-order valence-electron chi connectivity index (χ3n) is 3.97. The maximum atomic E-state index is 12.6. The van der Waals surface area contributed by atoms with Gasteiger partial charge < -0.3 is 0 Å². The van der Waals surface area contributed by atoms with Crippen LogP contribution < -0.4 is 0 Å². The molecule has 5 heteroatoms. The Morgan fingerprint density at radius 3 is 2.45 bits per heavy atom. The summed E-state index contributed by atoms with van der Waals surface area (Å²) in [5, 5.41) is 0. The Balaban J connectivity index is 2.15. The number of hydrogen-bond acceptors (Lipinski definition) is 2. The largest absolute Gasteiger partial charge is 0.282 e. The minimum Gasteiger partial charge on any atom is -0.195 e. The van der Waals surface area contributed by atoms with Gasteiger partial charge in [0, 0.05) is 25.7 Å². The molecule has 0 amide bonds. The molecule has 0 saturated carbocycles. The van der Waals surface area contributed by atoms with Crippen LogP contribution in [0.25, 0.3) is 0 Å². The van der Waals surface area contributed by atoms with Crippen molar-refractivity contribution >= 4 is 10.2 Å². The van der Waals surface area contributed by atoms with E-state index in [0.29, 0.717) is 19.6 Å². The average Bonchev–Trinajstić information content (AvgIpc) is 2.90. The monoisotopic (exact) mass is 296 g/mol. The van der Waals surface area contributed by atoms with Crippen LogP contribution in [-0.2, 0) is 16.6 Å². The fourth-order valence-electron chi connectivity index (χ4n) is 2.90. The Bertz CT molecular complexity index is 512. The van der Waals surface area contributed by atoms with E-state index in [0.717, 1.165) is 19.3 Å². The molecule has 0 bridgehead atoms. The van der Waals surface area contributed by atoms with Crippen LogP contribution in [-0.4, -0.2) is 42.7 Å². The topological polar surface area (TPSA) is 40.6 Å². The molecule has 1 aromatic rings. The van der Waals surface area contributed by atoms with Crippen LogP contribution in [0.1, 0.15) is 32.3 Å². The van der Waals surface area contributed by atoms with E-state index in [4.69, 9.17) is 0 Å². The lowest BCUT2D eigenvalue weighted by molar-refractivity contribution is 0.333. The molecule has 0 spiro atoms. The third-order valence-corrected chi connectivity index (χ3v) is 6.21. The minimum absolute atomic E-state index is 0.1000. The van der Waals surface area contributed by atoms with Crippen molar-refractivity contribution in [2.24, 2.45) is 0 Å². The molecule has 1 atom stereocenters. The van der Waals surface area contributed by atoms with Crippen LogP contribution in [0, 0.1) is 0 Å². The molecule has 1 fully saturated rings. The van der Waals surface area contributed by atoms with Crippen molar-refractivity contribution in [1.29, 1.82) is 0 Å². The SMILES string of the molecule is CCN(CC)S(=O)(=O)N1CCC[C@H]1Cc1ccccc1. The van der Waals surface area contributed by atoms with Crippen molar-refractivity contribution in [1.82, 2.24) is 8.61 Å². The van der Waals surface area contributed by atoms with Gasteiger partial charge in [-0.3, -0.25) is 0 Å². The maximum absolute atomic E-state index is 12.6. The molecule has 2 rings (SSSR count). The molecule has 112 valence electrons. The minimum atomic E-state index is -3.30. The van der Waals surface area contributed by atoms with Gasteiger partial charge in [-0.25, -0.2) is 0 Å². The molecule has 20 heavy (non-hydrogen) atoms. The van der Waals surface area contributed by atoms with E-state index >= 15 is 0 Å². The predicted octanol–water partition coefficient (Wildman–Crippen LogP) is 2.28. The van der Waals surface area contributed by atoms with Crippen LogP contribution in [0.4, 0.5) is 0 Å². The fraction of sp³-hybridized carbons (Fsp3) is 0.600. The standard InChI is InChI=1S/C15H24N2O2S/c1-3-16(4-2)20(18,19)17-12-8-11-15(17)13-14-9-6-5-7-10-14/h5-7,9-10,15H,3-4,8,11-13H2,1-2H3/t15-/m0/s1. The second kappa shape index (κ2) is 6.70. The first-order valence-corrected chi connectivity index (χ1v) is 8.80. The first-order valence-electron chi connectivity index (χ1n) is 7.40. The van der Waals surface area contributed by atoms with E-state index in [1.165, 1.54) is 5.56 Å². The Hall–Kier alpha value is -0.910. The first-order chi connectivity index (χ1) is 9.59. The Morgan fingerprint density at radius 1 is 1.20 bits per heavy atom. The molecule has 0 radical (unpaired) electrons. The van der Waals surface area contributed by atoms with Gasteiger partial charge in [-0.05, 0) is 24.8 Å². The Kier molecular flexibility index (Phi) is 5.18. The second-order valence-corrected chi connectivity index (χ2v) is 7.07. The zero-order valence-corrected chi connectivity index (χ0v) is 13.1. The highest BCUT2D eigenvalue weighted by Crippen LogP contribution is 2.25. The second-order valence-electron chi connectivity index (χ2n) is 5.19. The number of nitrogens with zero attached hydrogens (tertiary/aromatic N) is 2. The van der Waals surface area contributed by atoms with E-state index in [1.807, 2.05) is 32.0 Å². The molecule has 0 aliphatic carbocycles. The highest BCUT2D eigenvalue weighted by molar-refractivity contribution is 7.86. The van der Waals surface area contributed by atoms with Gasteiger partial charge in [-0.15, -0.1) is 0 Å². The van der Waals surface area contributed by atoms with E-state index in [1.54, 1.807) is 8.61 Å². The van der Waals surface area contributed by atoms with Gasteiger partial charge in [0.05, 0.1) is 0 Å². The Labute approximate surface area is 122 Å². The van der Waals surface area contributed by atoms with Crippen molar-refractivity contribution in [3.8, 4) is 0 Å². The summed E-state index contributed by atoms with van der Waals surface area (Å²) in [5.41, 5.74) is 1.21. The van der Waals surface area contributed by atoms with Crippen molar-refractivity contribution < 1.29 is 8.42 Å². The summed E-state index contributed by atoms with van der Waals surface area (Å²) in [6.45, 7) is 5.50. The number of hydrogen-bond donors (Lipinski definition) is 0. The van der Waals surface area contributed by atoms with Crippen molar-refractivity contribution in [2.75, 3.05) is 19.6 Å². The van der Waals surface area contributed by atoms with Gasteiger partial charge >= 0.3 is 0 Å². The molecular weight excluding hydrogens is 272 g/mol. The zero-order valence-electron chi connectivity index (χ0n) is 12.3. The molecule has 1 saturated heterocycles. The highest BCUT2D eigenvalue weighted by Gasteiger charge is 2.36. The summed E-state index contributed by atoms with van der Waals surface area (Å²) in [4.78, 5) is 0. The fourth-order valence-corrected chi connectivity index (χ4v) is 4.77. The van der Waals surface area contributed by atoms with E-state index < -0.39 is 10.2 Å². The molecule has 0 unspecified atom stereocenters. The summed E-state index contributed by atoms with van der Waals surface area (Å²) >= 11 is 0. The lowest BCUT2D eigenvalue weighted by Crippen LogP contribution is -2.46. The molecule has 1 aromatic carbocycles. The summed E-state index contributed by atoms with van der Waals surface area (Å²) in [7, 11) is -3.30. The smallest absolute Gasteiger partial charge is 0.195 e. The van der Waals surface area contributed by atoms with Crippen LogP contribution in [0.2, 0.25) is 0 Å². The summed E-state index contributed by atoms with van der Waals surface area (Å²) in [6.07, 6.45) is 2.72. The van der Waals surface area contributed by atoms with Crippen LogP contribution in [0.15, 0.2) is 30.3 Å². The summed E-state index contributed by atoms with van der Waals surface area (Å²) in [6, 6.07) is 10.2. The predicted molar refractivity (Wildman–Crippen MR) is 81.7 cm³/mol. The van der Waals surface area contributed by atoms with E-state index in [9.17, 15) is 8.42 Å². The lowest BCUT2D eigenvalue weighted by atomic mass is 10.1. The van der Waals surface area contributed by atoms with Crippen molar-refractivity contribution in [2.45, 2.75) is 39.2 Å². The van der Waals surface area contributed by atoms with Gasteiger partial charge in [0.25, 0.3) is 10.2 Å². The van der Waals surface area contributed by atoms with E-state index in [-0.39, 0.29) is 6.04 Å². The van der Waals surface area contributed by atoms with Crippen LogP contribution in [0.3, 0.4) is 0 Å². The maximum Gasteiger partial charge on any atom is 0.282 e. The Morgan fingerprint density at radius 2 is 1.85 bits per heavy atom. The van der Waals surface area contributed by atoms with Gasteiger partial charge in [-0.2, -0.15) is 17.0 Å².